The first-order valence-corrected chi connectivity index (χ1v) is 8.12. The molecule has 0 saturated carbocycles. The molecular formula is C17H25N3O2. The largest absolute Gasteiger partial charge is 0.412 e. The van der Waals surface area contributed by atoms with Gasteiger partial charge in [-0.3, -0.25) is 5.32 Å². The zero-order valence-electron chi connectivity index (χ0n) is 13.6. The van der Waals surface area contributed by atoms with Gasteiger partial charge in [0.05, 0.1) is 6.17 Å². The number of rotatable bonds is 4. The molecule has 5 heteroatoms. The standard InChI is InChI=1S/C17H25N3O2/c1-4-5-9-19-16(21)22-12-6-7-14-13(11-12)17(2)8-10-18-15(17)20(14)3/h6-7,11,15,18H,4-5,8-10H2,1-3H3,(H,19,21)/t15-,17+/m1/s1. The first kappa shape index (κ1) is 15.2. The Hall–Kier alpha value is -1.75. The lowest BCUT2D eigenvalue weighted by molar-refractivity contribution is 0.200. The number of ether oxygens (including phenoxy) is 1. The third kappa shape index (κ3) is 2.43. The second kappa shape index (κ2) is 5.80. The highest BCUT2D eigenvalue weighted by molar-refractivity contribution is 5.72. The Labute approximate surface area is 132 Å². The predicted molar refractivity (Wildman–Crippen MR) is 87.5 cm³/mol. The summed E-state index contributed by atoms with van der Waals surface area (Å²) in [4.78, 5) is 14.1. The van der Waals surface area contributed by atoms with E-state index in [2.05, 4.69) is 42.5 Å². The van der Waals surface area contributed by atoms with Crippen molar-refractivity contribution in [2.24, 2.45) is 0 Å². The molecular weight excluding hydrogens is 278 g/mol. The normalized spacial score (nSPS) is 25.8. The molecule has 2 aliphatic heterocycles. The summed E-state index contributed by atoms with van der Waals surface area (Å²) in [6, 6.07) is 5.95. The van der Waals surface area contributed by atoms with E-state index in [1.807, 2.05) is 12.1 Å². The van der Waals surface area contributed by atoms with E-state index in [0.717, 1.165) is 25.8 Å². The summed E-state index contributed by atoms with van der Waals surface area (Å²) in [6.07, 6.45) is 3.08. The summed E-state index contributed by atoms with van der Waals surface area (Å²) >= 11 is 0. The van der Waals surface area contributed by atoms with E-state index in [0.29, 0.717) is 18.5 Å². The fraction of sp³-hybridized carbons (Fsp3) is 0.588. The molecule has 2 N–H and O–H groups in total. The summed E-state index contributed by atoms with van der Waals surface area (Å²) < 4.78 is 5.43. The van der Waals surface area contributed by atoms with Crippen LogP contribution < -0.4 is 20.3 Å². The van der Waals surface area contributed by atoms with Gasteiger partial charge in [-0.05, 0) is 43.1 Å². The molecule has 1 fully saturated rings. The van der Waals surface area contributed by atoms with Crippen LogP contribution in [0, 0.1) is 0 Å². The molecule has 0 radical (unpaired) electrons. The van der Waals surface area contributed by atoms with Crippen molar-refractivity contribution in [3.8, 4) is 5.75 Å². The third-order valence-corrected chi connectivity index (χ3v) is 4.95. The van der Waals surface area contributed by atoms with Crippen molar-refractivity contribution in [3.05, 3.63) is 23.8 Å². The van der Waals surface area contributed by atoms with Gasteiger partial charge in [0.2, 0.25) is 0 Å². The maximum absolute atomic E-state index is 11.8. The van der Waals surface area contributed by atoms with Gasteiger partial charge in [0.15, 0.2) is 0 Å². The molecule has 2 atom stereocenters. The molecule has 5 nitrogen and oxygen atoms in total. The second-order valence-corrected chi connectivity index (χ2v) is 6.48. The second-order valence-electron chi connectivity index (χ2n) is 6.48. The van der Waals surface area contributed by atoms with Crippen molar-refractivity contribution in [3.63, 3.8) is 0 Å². The van der Waals surface area contributed by atoms with Crippen molar-refractivity contribution in [1.29, 1.82) is 0 Å². The van der Waals surface area contributed by atoms with E-state index in [1.165, 1.54) is 11.3 Å². The Bertz CT molecular complexity index is 575. The molecule has 1 amide bonds. The third-order valence-electron chi connectivity index (χ3n) is 4.95. The van der Waals surface area contributed by atoms with Crippen molar-refractivity contribution in [1.82, 2.24) is 10.6 Å². The monoisotopic (exact) mass is 303 g/mol. The molecule has 0 spiro atoms. The van der Waals surface area contributed by atoms with Gasteiger partial charge >= 0.3 is 6.09 Å². The van der Waals surface area contributed by atoms with E-state index in [-0.39, 0.29) is 11.5 Å². The zero-order valence-corrected chi connectivity index (χ0v) is 13.6. The Balaban J connectivity index is 1.76. The van der Waals surface area contributed by atoms with Crippen molar-refractivity contribution >= 4 is 11.8 Å². The minimum Gasteiger partial charge on any atom is -0.410 e. The summed E-state index contributed by atoms with van der Waals surface area (Å²) in [5.74, 6) is 0.620. The number of carbonyl (C=O) groups excluding carboxylic acids is 1. The van der Waals surface area contributed by atoms with Gasteiger partial charge in [-0.1, -0.05) is 20.3 Å². The lowest BCUT2D eigenvalue weighted by atomic mass is 9.81. The van der Waals surface area contributed by atoms with Gasteiger partial charge in [0, 0.05) is 24.7 Å². The molecule has 1 aromatic rings. The van der Waals surface area contributed by atoms with Crippen LogP contribution >= 0.6 is 0 Å². The van der Waals surface area contributed by atoms with Crippen LogP contribution in [-0.2, 0) is 5.41 Å². The van der Waals surface area contributed by atoms with Gasteiger partial charge in [0.1, 0.15) is 5.75 Å². The van der Waals surface area contributed by atoms with E-state index in [4.69, 9.17) is 4.74 Å². The van der Waals surface area contributed by atoms with Crippen LogP contribution in [0.2, 0.25) is 0 Å². The highest BCUT2D eigenvalue weighted by Crippen LogP contribution is 2.49. The molecule has 2 aliphatic rings. The number of amides is 1. The Kier molecular flexibility index (Phi) is 4.00. The predicted octanol–water partition coefficient (Wildman–Crippen LogP) is 2.60. The number of benzene rings is 1. The van der Waals surface area contributed by atoms with Crippen molar-refractivity contribution < 1.29 is 9.53 Å². The zero-order chi connectivity index (χ0) is 15.7. The molecule has 0 aromatic heterocycles. The highest BCUT2D eigenvalue weighted by Gasteiger charge is 2.49. The molecule has 3 rings (SSSR count). The van der Waals surface area contributed by atoms with Crippen LogP contribution in [-0.4, -0.2) is 32.4 Å². The number of nitrogens with one attached hydrogen (secondary N) is 2. The first-order valence-electron chi connectivity index (χ1n) is 8.12. The molecule has 1 aromatic carbocycles. The Morgan fingerprint density at radius 2 is 2.36 bits per heavy atom. The number of hydrogen-bond donors (Lipinski definition) is 2. The lowest BCUT2D eigenvalue weighted by Crippen LogP contribution is -2.44. The summed E-state index contributed by atoms with van der Waals surface area (Å²) in [7, 11) is 2.12. The van der Waals surface area contributed by atoms with Crippen LogP contribution in [0.15, 0.2) is 18.2 Å². The summed E-state index contributed by atoms with van der Waals surface area (Å²) in [5, 5.41) is 6.34. The minimum absolute atomic E-state index is 0.0855. The maximum Gasteiger partial charge on any atom is 0.412 e. The average Bonchev–Trinajstić information content (AvgIpc) is 2.97. The Morgan fingerprint density at radius 1 is 1.55 bits per heavy atom. The molecule has 22 heavy (non-hydrogen) atoms. The number of hydrogen-bond acceptors (Lipinski definition) is 4. The number of unbranched alkanes of at least 4 members (excludes halogenated alkanes) is 1. The van der Waals surface area contributed by atoms with Gasteiger partial charge in [-0.15, -0.1) is 0 Å². The van der Waals surface area contributed by atoms with Gasteiger partial charge in [0.25, 0.3) is 0 Å². The van der Waals surface area contributed by atoms with E-state index < -0.39 is 0 Å². The first-order chi connectivity index (χ1) is 10.6. The number of fused-ring (bicyclic) bond motifs is 3. The van der Waals surface area contributed by atoms with E-state index in [9.17, 15) is 4.79 Å². The number of likely N-dealkylation sites (N-methyl/N-ethyl adjacent to an activating group) is 1. The quantitative estimate of drug-likeness (QED) is 0.840. The minimum atomic E-state index is -0.369. The highest BCUT2D eigenvalue weighted by atomic mass is 16.6. The fourth-order valence-corrected chi connectivity index (χ4v) is 3.67. The van der Waals surface area contributed by atoms with E-state index >= 15 is 0 Å². The Morgan fingerprint density at radius 3 is 3.14 bits per heavy atom. The molecule has 0 aliphatic carbocycles. The van der Waals surface area contributed by atoms with Crippen LogP contribution in [0.25, 0.3) is 0 Å². The van der Waals surface area contributed by atoms with Crippen LogP contribution in [0.3, 0.4) is 0 Å². The fourth-order valence-electron chi connectivity index (χ4n) is 3.67. The maximum atomic E-state index is 11.8. The number of nitrogens with zero attached hydrogens (tertiary/aromatic N) is 1. The van der Waals surface area contributed by atoms with Gasteiger partial charge < -0.3 is 15.0 Å². The van der Waals surface area contributed by atoms with Gasteiger partial charge in [-0.25, -0.2) is 4.79 Å². The number of anilines is 1. The SMILES string of the molecule is CCCCNC(=O)Oc1ccc2c(c1)[C@]1(C)CCN[C@@H]1N2C. The molecule has 0 unspecified atom stereocenters. The topological polar surface area (TPSA) is 53.6 Å². The molecule has 1 saturated heterocycles. The van der Waals surface area contributed by atoms with Crippen LogP contribution in [0.1, 0.15) is 38.7 Å². The summed E-state index contributed by atoms with van der Waals surface area (Å²) in [6.45, 7) is 6.06. The molecule has 2 heterocycles. The average molecular weight is 303 g/mol. The summed E-state index contributed by atoms with van der Waals surface area (Å²) in [5.41, 5.74) is 2.57. The van der Waals surface area contributed by atoms with Crippen molar-refractivity contribution in [2.75, 3.05) is 25.0 Å². The molecule has 0 bridgehead atoms. The smallest absolute Gasteiger partial charge is 0.410 e. The molecule has 120 valence electrons. The van der Waals surface area contributed by atoms with Crippen LogP contribution in [0.5, 0.6) is 5.75 Å². The number of carbonyl (C=O) groups is 1. The van der Waals surface area contributed by atoms with Crippen molar-refractivity contribution in [2.45, 2.75) is 44.7 Å². The van der Waals surface area contributed by atoms with Crippen LogP contribution in [0.4, 0.5) is 10.5 Å². The van der Waals surface area contributed by atoms with Gasteiger partial charge in [-0.2, -0.15) is 0 Å². The van der Waals surface area contributed by atoms with E-state index in [1.54, 1.807) is 0 Å². The lowest BCUT2D eigenvalue weighted by Gasteiger charge is -2.27.